The van der Waals surface area contributed by atoms with Crippen molar-refractivity contribution in [1.29, 1.82) is 0 Å². The fourth-order valence-corrected chi connectivity index (χ4v) is 4.61. The molecule has 1 N–H and O–H groups in total. The van der Waals surface area contributed by atoms with Gasteiger partial charge in [-0.1, -0.05) is 63.6 Å². The zero-order chi connectivity index (χ0) is 25.4. The van der Waals surface area contributed by atoms with Crippen LogP contribution in [0.1, 0.15) is 79.3 Å². The highest BCUT2D eigenvalue weighted by Gasteiger charge is 2.38. The summed E-state index contributed by atoms with van der Waals surface area (Å²) >= 11 is 0. The number of carbonyl (C=O) groups excluding carboxylic acids is 1. The van der Waals surface area contributed by atoms with Crippen LogP contribution in [0.5, 0.6) is 11.5 Å². The number of carbonyl (C=O) groups is 2. The molecule has 3 aromatic rings. The maximum Gasteiger partial charge on any atom is 0.357 e. The fourth-order valence-electron chi connectivity index (χ4n) is 4.61. The first-order valence-electron chi connectivity index (χ1n) is 11.9. The Bertz CT molecular complexity index is 1240. The molecule has 0 spiro atoms. The third-order valence-corrected chi connectivity index (χ3v) is 6.99. The Kier molecular flexibility index (Phi) is 6.46. The number of rotatable bonds is 6. The normalized spacial score (nSPS) is 16.6. The predicted molar refractivity (Wildman–Crippen MR) is 135 cm³/mol. The minimum absolute atomic E-state index is 0.0220. The smallest absolute Gasteiger partial charge is 0.357 e. The Morgan fingerprint density at radius 3 is 1.97 bits per heavy atom. The van der Waals surface area contributed by atoms with E-state index in [1.165, 1.54) is 35.4 Å². The summed E-state index contributed by atoms with van der Waals surface area (Å²) in [6.45, 7) is 11.0. The maximum absolute atomic E-state index is 13.4. The summed E-state index contributed by atoms with van der Waals surface area (Å²) in [5.74, 6) is -0.780. The second kappa shape index (κ2) is 9.21. The fraction of sp³-hybridized carbons (Fsp3) is 0.333. The number of esters is 1. The van der Waals surface area contributed by atoms with Crippen molar-refractivity contribution < 1.29 is 24.2 Å². The van der Waals surface area contributed by atoms with Crippen LogP contribution in [-0.2, 0) is 15.6 Å². The predicted octanol–water partition coefficient (Wildman–Crippen LogP) is 6.77. The van der Waals surface area contributed by atoms with Crippen LogP contribution >= 0.6 is 0 Å². The molecule has 0 radical (unpaired) electrons. The number of carboxylic acids is 1. The van der Waals surface area contributed by atoms with E-state index in [2.05, 4.69) is 39.8 Å². The number of hydrogen-bond donors (Lipinski definition) is 1. The second-order valence-electron chi connectivity index (χ2n) is 10.6. The van der Waals surface area contributed by atoms with E-state index in [-0.39, 0.29) is 22.1 Å². The van der Waals surface area contributed by atoms with Gasteiger partial charge in [0.1, 0.15) is 11.5 Å². The van der Waals surface area contributed by atoms with Gasteiger partial charge in [0, 0.05) is 5.56 Å². The van der Waals surface area contributed by atoms with Gasteiger partial charge in [0.2, 0.25) is 6.10 Å². The molecule has 0 saturated heterocycles. The number of ether oxygens (including phenoxy) is 2. The van der Waals surface area contributed by atoms with Gasteiger partial charge in [0.05, 0.1) is 5.56 Å². The summed E-state index contributed by atoms with van der Waals surface area (Å²) in [7, 11) is 0. The molecule has 5 heteroatoms. The number of fused-ring (bicyclic) bond motifs is 1. The molecule has 1 atom stereocenters. The Hall–Kier alpha value is -3.60. The second-order valence-corrected chi connectivity index (χ2v) is 10.6. The first kappa shape index (κ1) is 24.5. The van der Waals surface area contributed by atoms with Gasteiger partial charge in [-0.05, 0) is 78.1 Å². The number of aryl methyl sites for hydroxylation is 1. The summed E-state index contributed by atoms with van der Waals surface area (Å²) in [5.41, 5.74) is 4.49. The molecule has 35 heavy (non-hydrogen) atoms. The lowest BCUT2D eigenvalue weighted by Gasteiger charge is -2.42. The van der Waals surface area contributed by atoms with Crippen LogP contribution in [0.25, 0.3) is 0 Å². The van der Waals surface area contributed by atoms with Crippen molar-refractivity contribution in [2.24, 2.45) is 0 Å². The topological polar surface area (TPSA) is 72.8 Å². The van der Waals surface area contributed by atoms with E-state index in [0.29, 0.717) is 5.75 Å². The molecule has 0 bridgehead atoms. The van der Waals surface area contributed by atoms with E-state index in [1.807, 2.05) is 37.3 Å². The van der Waals surface area contributed by atoms with Crippen LogP contribution < -0.4 is 9.47 Å². The van der Waals surface area contributed by atoms with E-state index < -0.39 is 18.0 Å². The highest BCUT2D eigenvalue weighted by atomic mass is 16.6. The van der Waals surface area contributed by atoms with Gasteiger partial charge in [0.25, 0.3) is 0 Å². The molecule has 0 saturated carbocycles. The number of benzene rings is 3. The zero-order valence-electron chi connectivity index (χ0n) is 20.9. The number of aromatic carboxylic acids is 1. The molecule has 4 rings (SSSR count). The minimum Gasteiger partial charge on any atom is -0.478 e. The van der Waals surface area contributed by atoms with Gasteiger partial charge < -0.3 is 14.6 Å². The molecule has 1 aliphatic carbocycles. The highest BCUT2D eigenvalue weighted by molar-refractivity contribution is 5.88. The van der Waals surface area contributed by atoms with Crippen LogP contribution in [0.15, 0.2) is 66.7 Å². The lowest BCUT2D eigenvalue weighted by Crippen LogP contribution is -2.34. The molecule has 0 amide bonds. The van der Waals surface area contributed by atoms with E-state index in [4.69, 9.17) is 14.6 Å². The first-order valence-corrected chi connectivity index (χ1v) is 11.9. The van der Waals surface area contributed by atoms with E-state index in [0.717, 1.165) is 24.0 Å². The van der Waals surface area contributed by atoms with E-state index >= 15 is 0 Å². The molecule has 0 fully saturated rings. The van der Waals surface area contributed by atoms with Gasteiger partial charge in [-0.2, -0.15) is 0 Å². The van der Waals surface area contributed by atoms with Crippen LogP contribution in [0.4, 0.5) is 0 Å². The average molecular weight is 473 g/mol. The molecule has 3 aromatic carbocycles. The van der Waals surface area contributed by atoms with Gasteiger partial charge in [-0.3, -0.25) is 0 Å². The summed E-state index contributed by atoms with van der Waals surface area (Å²) in [6.07, 6.45) is 1.17. The Balaban J connectivity index is 1.71. The highest BCUT2D eigenvalue weighted by Crippen LogP contribution is 2.46. The van der Waals surface area contributed by atoms with Gasteiger partial charge >= 0.3 is 11.9 Å². The minimum atomic E-state index is -1.04. The van der Waals surface area contributed by atoms with Crippen molar-refractivity contribution in [3.05, 3.63) is 94.5 Å². The van der Waals surface area contributed by atoms with Crippen LogP contribution in [-0.4, -0.2) is 17.0 Å². The summed E-state index contributed by atoms with van der Waals surface area (Å²) in [5, 5.41) is 9.13. The molecule has 182 valence electrons. The van der Waals surface area contributed by atoms with Crippen molar-refractivity contribution in [2.75, 3.05) is 0 Å². The molecule has 5 nitrogen and oxygen atoms in total. The molecule has 0 aliphatic heterocycles. The van der Waals surface area contributed by atoms with Crippen molar-refractivity contribution >= 4 is 11.9 Å². The van der Waals surface area contributed by atoms with Crippen LogP contribution in [0, 0.1) is 6.92 Å². The molecule has 0 aromatic heterocycles. The van der Waals surface area contributed by atoms with Crippen molar-refractivity contribution in [2.45, 2.75) is 64.4 Å². The molecule has 0 heterocycles. The van der Waals surface area contributed by atoms with Crippen molar-refractivity contribution in [1.82, 2.24) is 0 Å². The Morgan fingerprint density at radius 1 is 0.800 bits per heavy atom. The summed E-state index contributed by atoms with van der Waals surface area (Å²) in [4.78, 5) is 24.5. The lowest BCUT2D eigenvalue weighted by atomic mass is 9.63. The monoisotopic (exact) mass is 472 g/mol. The van der Waals surface area contributed by atoms with Gasteiger partial charge in [0.15, 0.2) is 0 Å². The maximum atomic E-state index is 13.4. The zero-order valence-corrected chi connectivity index (χ0v) is 20.9. The Labute approximate surface area is 206 Å². The molecular weight excluding hydrogens is 440 g/mol. The largest absolute Gasteiger partial charge is 0.478 e. The number of hydrogen-bond acceptors (Lipinski definition) is 4. The standard InChI is InChI=1S/C30H32O5/c1-19-6-11-22(12-7-19)34-26(28(33)35-23-13-8-20(9-14-23)27(31)32)21-10-15-24-25(18-21)30(4,5)17-16-29(24,2)3/h6-15,18,26H,16-17H2,1-5H3,(H,31,32)/t26-/m1/s1. The molecule has 0 unspecified atom stereocenters. The third-order valence-electron chi connectivity index (χ3n) is 6.99. The quantitative estimate of drug-likeness (QED) is 0.317. The van der Waals surface area contributed by atoms with Crippen LogP contribution in [0.2, 0.25) is 0 Å². The first-order chi connectivity index (χ1) is 16.5. The third kappa shape index (κ3) is 5.24. The van der Waals surface area contributed by atoms with Crippen molar-refractivity contribution in [3.63, 3.8) is 0 Å². The van der Waals surface area contributed by atoms with E-state index in [1.54, 1.807) is 0 Å². The van der Waals surface area contributed by atoms with Crippen LogP contribution in [0.3, 0.4) is 0 Å². The van der Waals surface area contributed by atoms with Gasteiger partial charge in [-0.25, -0.2) is 9.59 Å². The van der Waals surface area contributed by atoms with Crippen molar-refractivity contribution in [3.8, 4) is 11.5 Å². The SMILES string of the molecule is Cc1ccc(O[C@@H](C(=O)Oc2ccc(C(=O)O)cc2)c2ccc3c(c2)C(C)(C)CCC3(C)C)cc1. The lowest BCUT2D eigenvalue weighted by molar-refractivity contribution is -0.142. The molecular formula is C30H32O5. The summed E-state index contributed by atoms with van der Waals surface area (Å²) < 4.78 is 11.8. The molecule has 1 aliphatic rings. The summed E-state index contributed by atoms with van der Waals surface area (Å²) in [6, 6.07) is 19.5. The number of carboxylic acid groups (broad SMARTS) is 1. The van der Waals surface area contributed by atoms with E-state index in [9.17, 15) is 9.59 Å². The van der Waals surface area contributed by atoms with Gasteiger partial charge in [-0.15, -0.1) is 0 Å². The Morgan fingerprint density at radius 2 is 1.37 bits per heavy atom. The average Bonchev–Trinajstić information content (AvgIpc) is 2.82.